The van der Waals surface area contributed by atoms with Crippen LogP contribution in [-0.4, -0.2) is 51.7 Å². The lowest BCUT2D eigenvalue weighted by molar-refractivity contribution is 0.0709. The minimum absolute atomic E-state index is 0.0843. The molecular weight excluding hydrogens is 266 g/mol. The standard InChI is InChI=1S/C15H19N5O/c1-10-9-20(8-7-16-10)15(21)13-5-3-12(4-6-13)14-17-11(2)18-19-14/h3-6,10,16H,7-9H2,1-2H3,(H,17,18,19). The number of aromatic nitrogens is 3. The zero-order chi connectivity index (χ0) is 14.8. The van der Waals surface area contributed by atoms with Gasteiger partial charge in [0.05, 0.1) is 0 Å². The normalized spacial score (nSPS) is 18.8. The van der Waals surface area contributed by atoms with Crippen molar-refractivity contribution >= 4 is 5.91 Å². The molecule has 3 rings (SSSR count). The zero-order valence-electron chi connectivity index (χ0n) is 12.3. The quantitative estimate of drug-likeness (QED) is 0.870. The second-order valence-electron chi connectivity index (χ2n) is 5.43. The SMILES string of the molecule is Cc1nc(-c2ccc(C(=O)N3CCNC(C)C3)cc2)n[nH]1. The Balaban J connectivity index is 1.76. The fourth-order valence-corrected chi connectivity index (χ4v) is 2.53. The Hall–Kier alpha value is -2.21. The van der Waals surface area contributed by atoms with E-state index in [4.69, 9.17) is 0 Å². The van der Waals surface area contributed by atoms with Crippen LogP contribution in [0.25, 0.3) is 11.4 Å². The highest BCUT2D eigenvalue weighted by Crippen LogP contribution is 2.16. The number of hydrogen-bond donors (Lipinski definition) is 2. The molecule has 2 heterocycles. The number of aromatic amines is 1. The van der Waals surface area contributed by atoms with Crippen molar-refractivity contribution < 1.29 is 4.79 Å². The number of piperazine rings is 1. The van der Waals surface area contributed by atoms with E-state index in [-0.39, 0.29) is 5.91 Å². The maximum absolute atomic E-state index is 12.5. The molecule has 0 saturated carbocycles. The summed E-state index contributed by atoms with van der Waals surface area (Å²) in [4.78, 5) is 18.6. The number of H-pyrrole nitrogens is 1. The number of amides is 1. The average molecular weight is 285 g/mol. The van der Waals surface area contributed by atoms with Crippen LogP contribution in [-0.2, 0) is 0 Å². The molecule has 1 amide bonds. The molecule has 0 aliphatic carbocycles. The predicted octanol–water partition coefficient (Wildman–Crippen LogP) is 1.21. The number of nitrogens with zero attached hydrogens (tertiary/aromatic N) is 3. The van der Waals surface area contributed by atoms with E-state index >= 15 is 0 Å². The summed E-state index contributed by atoms with van der Waals surface area (Å²) < 4.78 is 0. The van der Waals surface area contributed by atoms with E-state index in [1.807, 2.05) is 36.1 Å². The Kier molecular flexibility index (Phi) is 3.70. The van der Waals surface area contributed by atoms with Crippen molar-refractivity contribution in [2.75, 3.05) is 19.6 Å². The van der Waals surface area contributed by atoms with E-state index in [9.17, 15) is 4.79 Å². The van der Waals surface area contributed by atoms with Gasteiger partial charge in [-0.15, -0.1) is 0 Å². The molecule has 2 aromatic rings. The van der Waals surface area contributed by atoms with Gasteiger partial charge in [-0.2, -0.15) is 5.10 Å². The molecule has 0 bridgehead atoms. The molecule has 0 radical (unpaired) electrons. The highest BCUT2D eigenvalue weighted by Gasteiger charge is 2.21. The van der Waals surface area contributed by atoms with Crippen LogP contribution < -0.4 is 5.32 Å². The van der Waals surface area contributed by atoms with Crippen LogP contribution in [0, 0.1) is 6.92 Å². The van der Waals surface area contributed by atoms with Crippen LogP contribution in [0.15, 0.2) is 24.3 Å². The van der Waals surface area contributed by atoms with Gasteiger partial charge in [0.1, 0.15) is 5.82 Å². The van der Waals surface area contributed by atoms with Gasteiger partial charge in [-0.3, -0.25) is 9.89 Å². The van der Waals surface area contributed by atoms with Crippen molar-refractivity contribution in [2.45, 2.75) is 19.9 Å². The number of benzene rings is 1. The molecular formula is C15H19N5O. The Morgan fingerprint density at radius 2 is 2.10 bits per heavy atom. The van der Waals surface area contributed by atoms with Gasteiger partial charge >= 0.3 is 0 Å². The molecule has 6 nitrogen and oxygen atoms in total. The van der Waals surface area contributed by atoms with Gasteiger partial charge in [-0.1, -0.05) is 12.1 Å². The van der Waals surface area contributed by atoms with Crippen LogP contribution in [0.4, 0.5) is 0 Å². The third-order valence-corrected chi connectivity index (χ3v) is 3.64. The lowest BCUT2D eigenvalue weighted by Crippen LogP contribution is -2.51. The smallest absolute Gasteiger partial charge is 0.253 e. The molecule has 0 spiro atoms. The van der Waals surface area contributed by atoms with Gasteiger partial charge in [0.15, 0.2) is 5.82 Å². The Morgan fingerprint density at radius 3 is 2.71 bits per heavy atom. The number of carbonyl (C=O) groups is 1. The molecule has 2 N–H and O–H groups in total. The molecule has 1 atom stereocenters. The van der Waals surface area contributed by atoms with E-state index in [1.54, 1.807) is 0 Å². The topological polar surface area (TPSA) is 73.9 Å². The fraction of sp³-hybridized carbons (Fsp3) is 0.400. The van der Waals surface area contributed by atoms with Crippen molar-refractivity contribution in [2.24, 2.45) is 0 Å². The molecule has 1 saturated heterocycles. The lowest BCUT2D eigenvalue weighted by Gasteiger charge is -2.32. The van der Waals surface area contributed by atoms with Gasteiger partial charge in [0.2, 0.25) is 0 Å². The van der Waals surface area contributed by atoms with Crippen LogP contribution in [0.1, 0.15) is 23.1 Å². The third-order valence-electron chi connectivity index (χ3n) is 3.64. The Morgan fingerprint density at radius 1 is 1.33 bits per heavy atom. The van der Waals surface area contributed by atoms with E-state index in [0.29, 0.717) is 17.4 Å². The van der Waals surface area contributed by atoms with Crippen molar-refractivity contribution in [1.82, 2.24) is 25.4 Å². The maximum Gasteiger partial charge on any atom is 0.253 e. The van der Waals surface area contributed by atoms with E-state index in [1.165, 1.54) is 0 Å². The molecule has 1 aliphatic rings. The monoisotopic (exact) mass is 285 g/mol. The summed E-state index contributed by atoms with van der Waals surface area (Å²) in [7, 11) is 0. The van der Waals surface area contributed by atoms with Gasteiger partial charge < -0.3 is 10.2 Å². The van der Waals surface area contributed by atoms with Crippen molar-refractivity contribution in [3.63, 3.8) is 0 Å². The summed E-state index contributed by atoms with van der Waals surface area (Å²) in [5.74, 6) is 1.52. The number of nitrogens with one attached hydrogen (secondary N) is 2. The van der Waals surface area contributed by atoms with Crippen molar-refractivity contribution in [1.29, 1.82) is 0 Å². The molecule has 6 heteroatoms. The Labute approximate surface area is 123 Å². The second kappa shape index (κ2) is 5.65. The van der Waals surface area contributed by atoms with Crippen LogP contribution >= 0.6 is 0 Å². The van der Waals surface area contributed by atoms with Gasteiger partial charge in [-0.05, 0) is 26.0 Å². The maximum atomic E-state index is 12.5. The Bertz CT molecular complexity index is 634. The average Bonchev–Trinajstić information content (AvgIpc) is 2.93. The summed E-state index contributed by atoms with van der Waals surface area (Å²) in [5, 5.41) is 10.3. The minimum atomic E-state index is 0.0843. The summed E-state index contributed by atoms with van der Waals surface area (Å²) in [6.07, 6.45) is 0. The van der Waals surface area contributed by atoms with E-state index < -0.39 is 0 Å². The molecule has 1 fully saturated rings. The molecule has 110 valence electrons. The van der Waals surface area contributed by atoms with Crippen molar-refractivity contribution in [3.05, 3.63) is 35.7 Å². The zero-order valence-corrected chi connectivity index (χ0v) is 12.3. The van der Waals surface area contributed by atoms with E-state index in [0.717, 1.165) is 31.0 Å². The molecule has 21 heavy (non-hydrogen) atoms. The van der Waals surface area contributed by atoms with Crippen LogP contribution in [0.5, 0.6) is 0 Å². The third kappa shape index (κ3) is 2.95. The summed E-state index contributed by atoms with van der Waals surface area (Å²) in [5.41, 5.74) is 1.62. The number of hydrogen-bond acceptors (Lipinski definition) is 4. The van der Waals surface area contributed by atoms with E-state index in [2.05, 4.69) is 27.4 Å². The lowest BCUT2D eigenvalue weighted by atomic mass is 10.1. The highest BCUT2D eigenvalue weighted by atomic mass is 16.2. The molecule has 1 aliphatic heterocycles. The van der Waals surface area contributed by atoms with Crippen LogP contribution in [0.2, 0.25) is 0 Å². The van der Waals surface area contributed by atoms with Gasteiger partial charge in [0, 0.05) is 36.8 Å². The number of rotatable bonds is 2. The first-order valence-corrected chi connectivity index (χ1v) is 7.15. The fourth-order valence-electron chi connectivity index (χ4n) is 2.53. The summed E-state index contributed by atoms with van der Waals surface area (Å²) >= 11 is 0. The first-order chi connectivity index (χ1) is 10.1. The summed E-state index contributed by atoms with van der Waals surface area (Å²) in [6.45, 7) is 6.31. The van der Waals surface area contributed by atoms with Gasteiger partial charge in [-0.25, -0.2) is 4.98 Å². The minimum Gasteiger partial charge on any atom is -0.336 e. The summed E-state index contributed by atoms with van der Waals surface area (Å²) in [6, 6.07) is 7.81. The highest BCUT2D eigenvalue weighted by molar-refractivity contribution is 5.94. The number of carbonyl (C=O) groups excluding carboxylic acids is 1. The number of aryl methyl sites for hydroxylation is 1. The van der Waals surface area contributed by atoms with Crippen LogP contribution in [0.3, 0.4) is 0 Å². The van der Waals surface area contributed by atoms with Crippen molar-refractivity contribution in [3.8, 4) is 11.4 Å². The first kappa shape index (κ1) is 13.8. The molecule has 1 aromatic carbocycles. The second-order valence-corrected chi connectivity index (χ2v) is 5.43. The predicted molar refractivity (Wildman–Crippen MR) is 79.9 cm³/mol. The molecule has 1 aromatic heterocycles. The first-order valence-electron chi connectivity index (χ1n) is 7.15. The molecule has 1 unspecified atom stereocenters. The van der Waals surface area contributed by atoms with Gasteiger partial charge in [0.25, 0.3) is 5.91 Å². The largest absolute Gasteiger partial charge is 0.336 e.